The fraction of sp³-hybridized carbons (Fsp3) is 0.579. The molecule has 1 atom stereocenters. The molecule has 1 saturated heterocycles. The Balaban J connectivity index is 1.57. The van der Waals surface area contributed by atoms with Gasteiger partial charge in [0.2, 0.25) is 0 Å². The number of ether oxygens (including phenoxy) is 1. The van der Waals surface area contributed by atoms with Gasteiger partial charge in [0.05, 0.1) is 18.4 Å². The summed E-state index contributed by atoms with van der Waals surface area (Å²) in [6, 6.07) is 3.78. The maximum absolute atomic E-state index is 12.6. The van der Waals surface area contributed by atoms with E-state index in [2.05, 4.69) is 29.0 Å². The van der Waals surface area contributed by atoms with Gasteiger partial charge in [0.1, 0.15) is 10.6 Å². The minimum atomic E-state index is -0.0980. The summed E-state index contributed by atoms with van der Waals surface area (Å²) >= 11 is 1.36. The summed E-state index contributed by atoms with van der Waals surface area (Å²) in [5.41, 5.74) is 0.725. The zero-order valence-electron chi connectivity index (χ0n) is 15.9. The number of nitrogens with zero attached hydrogens (tertiary/aromatic N) is 2. The Morgan fingerprint density at radius 2 is 2.23 bits per heavy atom. The second-order valence-electron chi connectivity index (χ2n) is 7.20. The number of amides is 1. The average Bonchev–Trinajstić information content (AvgIpc) is 3.18. The van der Waals surface area contributed by atoms with Crippen LogP contribution >= 0.6 is 11.3 Å². The molecule has 0 aromatic carbocycles. The quantitative estimate of drug-likeness (QED) is 0.838. The highest BCUT2D eigenvalue weighted by atomic mass is 32.1. The van der Waals surface area contributed by atoms with Crippen molar-refractivity contribution in [3.8, 4) is 10.8 Å². The summed E-state index contributed by atoms with van der Waals surface area (Å²) in [4.78, 5) is 20.1. The molecular formula is C19H27N3O3S. The van der Waals surface area contributed by atoms with Crippen LogP contribution in [0.2, 0.25) is 0 Å². The van der Waals surface area contributed by atoms with Crippen LogP contribution in [0.4, 0.5) is 0 Å². The molecule has 3 heterocycles. The molecule has 0 unspecified atom stereocenters. The molecule has 0 bridgehead atoms. The third kappa shape index (κ3) is 4.72. The summed E-state index contributed by atoms with van der Waals surface area (Å²) in [5, 5.41) is 3.74. The smallest absolute Gasteiger partial charge is 0.263 e. The molecule has 1 aliphatic rings. The Kier molecular flexibility index (Phi) is 6.11. The topological polar surface area (TPSA) is 67.6 Å². The molecular weight excluding hydrogens is 350 g/mol. The maximum Gasteiger partial charge on any atom is 0.263 e. The third-order valence-corrected chi connectivity index (χ3v) is 5.46. The molecule has 1 fully saturated rings. The van der Waals surface area contributed by atoms with Crippen molar-refractivity contribution in [3.05, 3.63) is 28.5 Å². The van der Waals surface area contributed by atoms with E-state index < -0.39 is 0 Å². The summed E-state index contributed by atoms with van der Waals surface area (Å²) in [7, 11) is 0. The second-order valence-corrected chi connectivity index (χ2v) is 8.20. The number of aryl methyl sites for hydroxylation is 2. The summed E-state index contributed by atoms with van der Waals surface area (Å²) in [6.45, 7) is 12.3. The molecule has 2 aromatic heterocycles. The molecule has 3 rings (SSSR count). The van der Waals surface area contributed by atoms with Crippen LogP contribution in [-0.4, -0.2) is 54.7 Å². The molecule has 1 N–H and O–H groups in total. The summed E-state index contributed by atoms with van der Waals surface area (Å²) in [6.07, 6.45) is 0.0341. The largest absolute Gasteiger partial charge is 0.459 e. The lowest BCUT2D eigenvalue weighted by molar-refractivity contribution is -0.0295. The normalized spacial score (nSPS) is 18.4. The van der Waals surface area contributed by atoms with Crippen LogP contribution in [0, 0.1) is 19.8 Å². The van der Waals surface area contributed by atoms with Crippen molar-refractivity contribution in [2.45, 2.75) is 33.8 Å². The SMILES string of the molecule is Cc1ccc(-c2nc(C)c(C(=O)NC[C@H]3CN(CC(C)C)CCO3)s2)o1. The van der Waals surface area contributed by atoms with Crippen molar-refractivity contribution in [2.24, 2.45) is 5.92 Å². The first kappa shape index (κ1) is 19.1. The Hall–Kier alpha value is -1.70. The molecule has 7 heteroatoms. The van der Waals surface area contributed by atoms with Crippen molar-refractivity contribution >= 4 is 17.2 Å². The van der Waals surface area contributed by atoms with Crippen LogP contribution in [0.15, 0.2) is 16.5 Å². The molecule has 142 valence electrons. The number of carbonyl (C=O) groups is 1. The number of aromatic nitrogens is 1. The highest BCUT2D eigenvalue weighted by Gasteiger charge is 2.23. The molecule has 6 nitrogen and oxygen atoms in total. The van der Waals surface area contributed by atoms with Gasteiger partial charge in [-0.1, -0.05) is 13.8 Å². The second kappa shape index (κ2) is 8.33. The van der Waals surface area contributed by atoms with E-state index in [-0.39, 0.29) is 12.0 Å². The first-order valence-corrected chi connectivity index (χ1v) is 9.90. The van der Waals surface area contributed by atoms with Gasteiger partial charge in [-0.15, -0.1) is 11.3 Å². The van der Waals surface area contributed by atoms with E-state index in [9.17, 15) is 4.79 Å². The van der Waals surface area contributed by atoms with Gasteiger partial charge in [0.25, 0.3) is 5.91 Å². The van der Waals surface area contributed by atoms with E-state index in [1.807, 2.05) is 26.0 Å². The lowest BCUT2D eigenvalue weighted by Crippen LogP contribution is -2.48. The highest BCUT2D eigenvalue weighted by molar-refractivity contribution is 7.17. The number of hydrogen-bond donors (Lipinski definition) is 1. The minimum absolute atomic E-state index is 0.0341. The number of morpholine rings is 1. The monoisotopic (exact) mass is 377 g/mol. The Bertz CT molecular complexity index is 753. The van der Waals surface area contributed by atoms with Crippen LogP contribution in [-0.2, 0) is 4.74 Å². The van der Waals surface area contributed by atoms with Gasteiger partial charge in [0.15, 0.2) is 10.8 Å². The lowest BCUT2D eigenvalue weighted by atomic mass is 10.2. The number of rotatable bonds is 6. The predicted molar refractivity (Wildman–Crippen MR) is 103 cm³/mol. The van der Waals surface area contributed by atoms with Gasteiger partial charge in [-0.2, -0.15) is 0 Å². The van der Waals surface area contributed by atoms with Crippen molar-refractivity contribution in [1.29, 1.82) is 0 Å². The van der Waals surface area contributed by atoms with Gasteiger partial charge in [-0.25, -0.2) is 4.98 Å². The fourth-order valence-corrected chi connectivity index (χ4v) is 4.08. The third-order valence-electron chi connectivity index (χ3n) is 4.29. The molecule has 1 amide bonds. The highest BCUT2D eigenvalue weighted by Crippen LogP contribution is 2.29. The lowest BCUT2D eigenvalue weighted by Gasteiger charge is -2.33. The van der Waals surface area contributed by atoms with Crippen molar-refractivity contribution in [1.82, 2.24) is 15.2 Å². The number of furan rings is 1. The Morgan fingerprint density at radius 1 is 1.42 bits per heavy atom. The van der Waals surface area contributed by atoms with Gasteiger partial charge >= 0.3 is 0 Å². The Labute approximate surface area is 158 Å². The number of hydrogen-bond acceptors (Lipinski definition) is 6. The average molecular weight is 378 g/mol. The zero-order chi connectivity index (χ0) is 18.7. The first-order valence-electron chi connectivity index (χ1n) is 9.08. The van der Waals surface area contributed by atoms with E-state index >= 15 is 0 Å². The first-order chi connectivity index (χ1) is 12.4. The molecule has 0 aliphatic carbocycles. The summed E-state index contributed by atoms with van der Waals surface area (Å²) in [5.74, 6) is 2.07. The Morgan fingerprint density at radius 3 is 2.92 bits per heavy atom. The molecule has 0 saturated carbocycles. The van der Waals surface area contributed by atoms with Crippen LogP contribution in [0.25, 0.3) is 10.8 Å². The number of thiazole rings is 1. The van der Waals surface area contributed by atoms with Gasteiger partial charge in [0, 0.05) is 26.2 Å². The molecule has 1 aliphatic heterocycles. The fourth-order valence-electron chi connectivity index (χ4n) is 3.13. The molecule has 0 radical (unpaired) electrons. The van der Waals surface area contributed by atoms with Crippen LogP contribution in [0.3, 0.4) is 0 Å². The maximum atomic E-state index is 12.6. The van der Waals surface area contributed by atoms with E-state index in [0.29, 0.717) is 23.1 Å². The summed E-state index contributed by atoms with van der Waals surface area (Å²) < 4.78 is 11.4. The van der Waals surface area contributed by atoms with Gasteiger partial charge < -0.3 is 14.5 Å². The molecule has 2 aromatic rings. The standard InChI is InChI=1S/C19H27N3O3S/c1-12(2)10-22-7-8-24-15(11-22)9-20-18(23)17-14(4)21-19(26-17)16-6-5-13(3)25-16/h5-6,12,15H,7-11H2,1-4H3,(H,20,23)/t15-/m0/s1. The molecule has 26 heavy (non-hydrogen) atoms. The van der Waals surface area contributed by atoms with Crippen LogP contribution < -0.4 is 5.32 Å². The van der Waals surface area contributed by atoms with E-state index in [1.165, 1.54) is 11.3 Å². The predicted octanol–water partition coefficient (Wildman–Crippen LogP) is 3.11. The van der Waals surface area contributed by atoms with E-state index in [0.717, 1.165) is 42.7 Å². The van der Waals surface area contributed by atoms with Gasteiger partial charge in [-0.05, 0) is 31.9 Å². The minimum Gasteiger partial charge on any atom is -0.459 e. The molecule has 0 spiro atoms. The van der Waals surface area contributed by atoms with Crippen molar-refractivity contribution < 1.29 is 13.9 Å². The number of carbonyl (C=O) groups excluding carboxylic acids is 1. The van der Waals surface area contributed by atoms with Crippen LogP contribution in [0.1, 0.15) is 35.0 Å². The van der Waals surface area contributed by atoms with Crippen molar-refractivity contribution in [3.63, 3.8) is 0 Å². The number of nitrogens with one attached hydrogen (secondary N) is 1. The van der Waals surface area contributed by atoms with Crippen LogP contribution in [0.5, 0.6) is 0 Å². The van der Waals surface area contributed by atoms with E-state index in [1.54, 1.807) is 0 Å². The zero-order valence-corrected chi connectivity index (χ0v) is 16.7. The van der Waals surface area contributed by atoms with Crippen molar-refractivity contribution in [2.75, 3.05) is 32.8 Å². The van der Waals surface area contributed by atoms with E-state index in [4.69, 9.17) is 9.15 Å². The van der Waals surface area contributed by atoms with Gasteiger partial charge in [-0.3, -0.25) is 9.69 Å².